The minimum absolute atomic E-state index is 0.0162. The van der Waals surface area contributed by atoms with Crippen molar-refractivity contribution < 1.29 is 14.7 Å². The molecule has 1 atom stereocenters. The van der Waals surface area contributed by atoms with Crippen molar-refractivity contribution >= 4 is 56.1 Å². The first-order valence-electron chi connectivity index (χ1n) is 10.0. The maximum Gasteiger partial charge on any atom is 0.296 e. The van der Waals surface area contributed by atoms with E-state index < -0.39 is 23.5 Å². The highest BCUT2D eigenvalue weighted by Crippen LogP contribution is 2.43. The summed E-state index contributed by atoms with van der Waals surface area (Å²) >= 11 is 7.36. The van der Waals surface area contributed by atoms with Crippen molar-refractivity contribution in [3.63, 3.8) is 0 Å². The van der Waals surface area contributed by atoms with Crippen LogP contribution in [-0.2, 0) is 9.59 Å². The number of benzene rings is 2. The number of amides is 1. The van der Waals surface area contributed by atoms with Gasteiger partial charge in [-0.05, 0) is 41.5 Å². The minimum Gasteiger partial charge on any atom is -0.503 e. The molecule has 3 heterocycles. The predicted molar refractivity (Wildman–Crippen MR) is 129 cm³/mol. The highest BCUT2D eigenvalue weighted by Gasteiger charge is 2.45. The summed E-state index contributed by atoms with van der Waals surface area (Å²) in [6.45, 7) is 0. The molecule has 6 nitrogen and oxygen atoms in total. The number of nitrogens with zero attached hydrogens (tertiary/aromatic N) is 3. The summed E-state index contributed by atoms with van der Waals surface area (Å²) in [6, 6.07) is 17.2. The molecule has 1 aliphatic heterocycles. The van der Waals surface area contributed by atoms with Crippen LogP contribution in [0.1, 0.15) is 17.2 Å². The number of aliphatic hydroxyl groups excluding tert-OH is 1. The maximum atomic E-state index is 13.2. The number of pyridine rings is 1. The zero-order chi connectivity index (χ0) is 22.9. The molecule has 2 aromatic carbocycles. The summed E-state index contributed by atoms with van der Waals surface area (Å²) in [4.78, 5) is 36.4. The van der Waals surface area contributed by atoms with Crippen LogP contribution >= 0.6 is 22.9 Å². The third-order valence-electron chi connectivity index (χ3n) is 5.25. The van der Waals surface area contributed by atoms with E-state index in [1.807, 2.05) is 30.3 Å². The fourth-order valence-corrected chi connectivity index (χ4v) is 4.99. The summed E-state index contributed by atoms with van der Waals surface area (Å²) in [5.74, 6) is -1.75. The Morgan fingerprint density at radius 2 is 1.94 bits per heavy atom. The maximum absolute atomic E-state index is 13.2. The van der Waals surface area contributed by atoms with Gasteiger partial charge < -0.3 is 5.11 Å². The van der Waals surface area contributed by atoms with Gasteiger partial charge in [-0.25, -0.2) is 4.98 Å². The number of thiazole rings is 1. The number of halogens is 1. The Labute approximate surface area is 198 Å². The van der Waals surface area contributed by atoms with Gasteiger partial charge in [0.2, 0.25) is 0 Å². The number of allylic oxidation sites excluding steroid dienone is 1. The summed E-state index contributed by atoms with van der Waals surface area (Å²) < 4.78 is 0.790. The smallest absolute Gasteiger partial charge is 0.296 e. The van der Waals surface area contributed by atoms with Crippen molar-refractivity contribution in [3.05, 3.63) is 107 Å². The Morgan fingerprint density at radius 3 is 2.70 bits per heavy atom. The monoisotopic (exact) mass is 473 g/mol. The van der Waals surface area contributed by atoms with Crippen LogP contribution in [0.15, 0.2) is 90.5 Å². The van der Waals surface area contributed by atoms with Crippen molar-refractivity contribution in [1.82, 2.24) is 9.97 Å². The van der Waals surface area contributed by atoms with Crippen LogP contribution in [-0.4, -0.2) is 26.8 Å². The van der Waals surface area contributed by atoms with Crippen LogP contribution in [0.3, 0.4) is 0 Å². The van der Waals surface area contributed by atoms with Crippen LogP contribution < -0.4 is 4.90 Å². The molecule has 0 spiro atoms. The van der Waals surface area contributed by atoms with Gasteiger partial charge in [0.15, 0.2) is 16.7 Å². The average molecular weight is 474 g/mol. The Hall–Kier alpha value is -3.81. The van der Waals surface area contributed by atoms with Gasteiger partial charge in [0, 0.05) is 17.4 Å². The summed E-state index contributed by atoms with van der Waals surface area (Å²) in [7, 11) is 0. The quantitative estimate of drug-likeness (QED) is 0.385. The van der Waals surface area contributed by atoms with Gasteiger partial charge in [0.05, 0.1) is 21.8 Å². The van der Waals surface area contributed by atoms with Gasteiger partial charge in [0.1, 0.15) is 0 Å². The highest BCUT2D eigenvalue weighted by atomic mass is 35.5. The molecule has 2 aromatic heterocycles. The molecule has 0 fully saturated rings. The summed E-state index contributed by atoms with van der Waals surface area (Å²) in [5, 5.41) is 11.7. The van der Waals surface area contributed by atoms with Gasteiger partial charge in [-0.15, -0.1) is 0 Å². The summed E-state index contributed by atoms with van der Waals surface area (Å²) in [6.07, 6.45) is 6.18. The first-order chi connectivity index (χ1) is 16.0. The lowest BCUT2D eigenvalue weighted by atomic mass is 9.97. The van der Waals surface area contributed by atoms with Gasteiger partial charge in [-0.3, -0.25) is 19.5 Å². The molecule has 1 aliphatic rings. The number of anilines is 1. The number of hydrogen-bond donors (Lipinski definition) is 1. The van der Waals surface area contributed by atoms with Gasteiger partial charge in [-0.2, -0.15) is 0 Å². The predicted octanol–water partition coefficient (Wildman–Crippen LogP) is 5.53. The molecule has 0 aliphatic carbocycles. The zero-order valence-corrected chi connectivity index (χ0v) is 18.6. The Balaban J connectivity index is 1.59. The van der Waals surface area contributed by atoms with E-state index in [9.17, 15) is 14.7 Å². The van der Waals surface area contributed by atoms with E-state index in [0.717, 1.165) is 10.3 Å². The fourth-order valence-electron chi connectivity index (χ4n) is 3.72. The van der Waals surface area contributed by atoms with Crippen molar-refractivity contribution in [2.75, 3.05) is 4.90 Å². The molecule has 33 heavy (non-hydrogen) atoms. The number of rotatable bonds is 5. The van der Waals surface area contributed by atoms with Crippen LogP contribution in [0.4, 0.5) is 5.13 Å². The molecule has 0 radical (unpaired) electrons. The van der Waals surface area contributed by atoms with E-state index in [0.29, 0.717) is 21.2 Å². The molecule has 4 aromatic rings. The molecule has 1 amide bonds. The number of ketones is 1. The molecule has 162 valence electrons. The van der Waals surface area contributed by atoms with Crippen LogP contribution in [0.5, 0.6) is 0 Å². The number of carbonyl (C=O) groups is 2. The molecule has 1 unspecified atom stereocenters. The molecule has 0 bridgehead atoms. The molecule has 0 saturated heterocycles. The lowest BCUT2D eigenvalue weighted by Crippen LogP contribution is -2.30. The largest absolute Gasteiger partial charge is 0.503 e. The molecular formula is C25H16ClN3O3S. The first kappa shape index (κ1) is 21.1. The van der Waals surface area contributed by atoms with E-state index in [1.165, 1.54) is 22.3 Å². The van der Waals surface area contributed by atoms with Crippen molar-refractivity contribution in [2.24, 2.45) is 0 Å². The van der Waals surface area contributed by atoms with Gasteiger partial charge in [-0.1, -0.05) is 65.4 Å². The van der Waals surface area contributed by atoms with Crippen molar-refractivity contribution in [3.8, 4) is 0 Å². The fraction of sp³-hybridized carbons (Fsp3) is 0.0400. The third-order valence-corrected chi connectivity index (χ3v) is 6.50. The van der Waals surface area contributed by atoms with E-state index in [4.69, 9.17) is 11.6 Å². The second kappa shape index (κ2) is 8.61. The normalized spacial score (nSPS) is 16.3. The number of fused-ring (bicyclic) bond motifs is 1. The lowest BCUT2D eigenvalue weighted by molar-refractivity contribution is -0.117. The second-order valence-electron chi connectivity index (χ2n) is 7.34. The highest BCUT2D eigenvalue weighted by molar-refractivity contribution is 7.22. The first-order valence-corrected chi connectivity index (χ1v) is 11.2. The average Bonchev–Trinajstić information content (AvgIpc) is 3.36. The topological polar surface area (TPSA) is 83.4 Å². The number of aromatic nitrogens is 2. The van der Waals surface area contributed by atoms with E-state index >= 15 is 0 Å². The summed E-state index contributed by atoms with van der Waals surface area (Å²) in [5.41, 5.74) is 2.06. The molecule has 5 rings (SSSR count). The van der Waals surface area contributed by atoms with Gasteiger partial charge >= 0.3 is 0 Å². The van der Waals surface area contributed by atoms with Crippen molar-refractivity contribution in [2.45, 2.75) is 6.04 Å². The zero-order valence-electron chi connectivity index (χ0n) is 17.1. The number of hydrogen-bond acceptors (Lipinski definition) is 6. The van der Waals surface area contributed by atoms with Crippen LogP contribution in [0.25, 0.3) is 16.3 Å². The SMILES string of the molecule is O=C(/C=C/c1ccccc1)C1=C(O)C(=O)N(c2nc3ccc(Cl)cc3s2)C1c1cccnc1. The Kier molecular flexibility index (Phi) is 5.50. The van der Waals surface area contributed by atoms with Crippen molar-refractivity contribution in [1.29, 1.82) is 0 Å². The van der Waals surface area contributed by atoms with Crippen LogP contribution in [0.2, 0.25) is 5.02 Å². The Morgan fingerprint density at radius 1 is 1.12 bits per heavy atom. The lowest BCUT2D eigenvalue weighted by Gasteiger charge is -2.23. The van der Waals surface area contributed by atoms with E-state index in [-0.39, 0.29) is 5.57 Å². The molecule has 0 saturated carbocycles. The molecular weight excluding hydrogens is 458 g/mol. The van der Waals surface area contributed by atoms with Crippen LogP contribution in [0, 0.1) is 0 Å². The minimum atomic E-state index is -0.866. The van der Waals surface area contributed by atoms with E-state index in [1.54, 1.807) is 48.8 Å². The second-order valence-corrected chi connectivity index (χ2v) is 8.79. The standard InChI is InChI=1S/C25H16ClN3O3S/c26-17-9-10-18-20(13-17)33-25(28-18)29-22(16-7-4-12-27-14-16)21(23(31)24(29)32)19(30)11-8-15-5-2-1-3-6-15/h1-14,22,31H/b11-8+. The van der Waals surface area contributed by atoms with Gasteiger partial charge in [0.25, 0.3) is 5.91 Å². The number of aliphatic hydroxyl groups is 1. The third kappa shape index (κ3) is 3.92. The van der Waals surface area contributed by atoms with E-state index in [2.05, 4.69) is 9.97 Å². The number of carbonyl (C=O) groups excluding carboxylic acids is 2. The molecule has 1 N–H and O–H groups in total. The Bertz CT molecular complexity index is 1430. The molecule has 8 heteroatoms.